The molecule has 2 heterocycles. The number of hydrogen-bond acceptors (Lipinski definition) is 5. The van der Waals surface area contributed by atoms with Crippen LogP contribution in [0.1, 0.15) is 11.1 Å². The van der Waals surface area contributed by atoms with E-state index < -0.39 is 11.2 Å². The van der Waals surface area contributed by atoms with Gasteiger partial charge in [-0.1, -0.05) is 41.4 Å². The normalized spacial score (nSPS) is 11.3. The van der Waals surface area contributed by atoms with Gasteiger partial charge >= 0.3 is 5.69 Å². The number of imidazole rings is 1. The Hall–Kier alpha value is -3.07. The molecule has 160 valence electrons. The number of rotatable bonds is 5. The number of fused-ring (bicyclic) bond motifs is 1. The second-order valence-electron chi connectivity index (χ2n) is 7.13. The zero-order valence-electron chi connectivity index (χ0n) is 16.8. The van der Waals surface area contributed by atoms with Gasteiger partial charge in [-0.15, -0.1) is 0 Å². The van der Waals surface area contributed by atoms with Crippen molar-refractivity contribution in [1.29, 1.82) is 0 Å². The van der Waals surface area contributed by atoms with Crippen molar-refractivity contribution < 1.29 is 5.11 Å². The highest BCUT2D eigenvalue weighted by Crippen LogP contribution is 2.23. The lowest BCUT2D eigenvalue weighted by Gasteiger charge is -2.09. The summed E-state index contributed by atoms with van der Waals surface area (Å²) in [5, 5.41) is 13.1. The highest BCUT2D eigenvalue weighted by Gasteiger charge is 2.19. The topological polar surface area (TPSA) is 94.1 Å². The molecule has 0 saturated heterocycles. The van der Waals surface area contributed by atoms with Crippen LogP contribution in [0.25, 0.3) is 11.2 Å². The Balaban J connectivity index is 1.79. The highest BCUT2D eigenvalue weighted by atomic mass is 35.5. The molecule has 31 heavy (non-hydrogen) atoms. The van der Waals surface area contributed by atoms with Gasteiger partial charge in [0.1, 0.15) is 0 Å². The zero-order chi connectivity index (χ0) is 22.3. The van der Waals surface area contributed by atoms with E-state index >= 15 is 0 Å². The van der Waals surface area contributed by atoms with E-state index in [-0.39, 0.29) is 24.3 Å². The molecule has 0 aliphatic rings. The van der Waals surface area contributed by atoms with Crippen molar-refractivity contribution in [2.45, 2.75) is 13.2 Å². The summed E-state index contributed by atoms with van der Waals surface area (Å²) in [6, 6.07) is 12.1. The number of halogens is 2. The molecule has 4 rings (SSSR count). The molecule has 0 saturated carbocycles. The molecular weight excluding hydrogens is 441 g/mol. The van der Waals surface area contributed by atoms with Crippen LogP contribution >= 0.6 is 23.2 Å². The first kappa shape index (κ1) is 21.2. The number of nitrogens with one attached hydrogen (secondary N) is 1. The number of benzene rings is 2. The summed E-state index contributed by atoms with van der Waals surface area (Å²) in [5.41, 5.74) is 1.81. The van der Waals surface area contributed by atoms with Gasteiger partial charge in [0.15, 0.2) is 11.2 Å². The predicted molar refractivity (Wildman–Crippen MR) is 121 cm³/mol. The molecule has 0 atom stereocenters. The van der Waals surface area contributed by atoms with Crippen LogP contribution in [0, 0.1) is 0 Å². The fourth-order valence-corrected chi connectivity index (χ4v) is 3.66. The van der Waals surface area contributed by atoms with Gasteiger partial charge in [-0.25, -0.2) is 4.79 Å². The van der Waals surface area contributed by atoms with E-state index in [1.165, 1.54) is 4.57 Å². The van der Waals surface area contributed by atoms with Gasteiger partial charge in [-0.2, -0.15) is 4.98 Å². The Labute approximate surface area is 186 Å². The van der Waals surface area contributed by atoms with Crippen LogP contribution in [-0.2, 0) is 27.2 Å². The SMILES string of the molecule is Cn1c(Nc2ccc(CO)cc2)nc2c1c(=O)n(Cc1ccc(Cl)c(Cl)c1)c(=O)n2C. The molecule has 0 radical (unpaired) electrons. The maximum atomic E-state index is 13.2. The minimum Gasteiger partial charge on any atom is -0.392 e. The molecule has 0 aliphatic carbocycles. The van der Waals surface area contributed by atoms with Gasteiger partial charge < -0.3 is 15.0 Å². The molecule has 10 heteroatoms. The maximum Gasteiger partial charge on any atom is 0.332 e. The average Bonchev–Trinajstić information content (AvgIpc) is 3.09. The second-order valence-corrected chi connectivity index (χ2v) is 7.94. The number of aromatic nitrogens is 4. The maximum absolute atomic E-state index is 13.2. The molecule has 2 aromatic carbocycles. The average molecular weight is 460 g/mol. The molecule has 0 amide bonds. The fourth-order valence-electron chi connectivity index (χ4n) is 3.34. The van der Waals surface area contributed by atoms with Crippen LogP contribution < -0.4 is 16.6 Å². The van der Waals surface area contributed by atoms with Gasteiger partial charge in [0.25, 0.3) is 5.56 Å². The van der Waals surface area contributed by atoms with Crippen molar-refractivity contribution in [3.63, 3.8) is 0 Å². The van der Waals surface area contributed by atoms with E-state index in [0.717, 1.165) is 15.8 Å². The van der Waals surface area contributed by atoms with Gasteiger partial charge in [0, 0.05) is 19.8 Å². The zero-order valence-corrected chi connectivity index (χ0v) is 18.3. The molecule has 0 bridgehead atoms. The van der Waals surface area contributed by atoms with E-state index in [4.69, 9.17) is 23.2 Å². The quantitative estimate of drug-likeness (QED) is 0.478. The van der Waals surface area contributed by atoms with Crippen molar-refractivity contribution >= 4 is 46.0 Å². The van der Waals surface area contributed by atoms with Crippen LogP contribution in [0.5, 0.6) is 0 Å². The van der Waals surface area contributed by atoms with Crippen LogP contribution in [0.15, 0.2) is 52.1 Å². The lowest BCUT2D eigenvalue weighted by atomic mass is 10.2. The summed E-state index contributed by atoms with van der Waals surface area (Å²) in [6.07, 6.45) is 0. The number of nitrogens with zero attached hydrogens (tertiary/aromatic N) is 4. The molecule has 0 unspecified atom stereocenters. The number of aliphatic hydroxyl groups is 1. The van der Waals surface area contributed by atoms with E-state index in [1.54, 1.807) is 61.1 Å². The smallest absolute Gasteiger partial charge is 0.332 e. The molecule has 2 N–H and O–H groups in total. The number of aryl methyl sites for hydroxylation is 2. The van der Waals surface area contributed by atoms with E-state index in [9.17, 15) is 14.7 Å². The van der Waals surface area contributed by atoms with Gasteiger partial charge in [-0.05, 0) is 35.4 Å². The summed E-state index contributed by atoms with van der Waals surface area (Å²) in [4.78, 5) is 30.5. The largest absolute Gasteiger partial charge is 0.392 e. The third-order valence-electron chi connectivity index (χ3n) is 5.08. The molecule has 4 aromatic rings. The summed E-state index contributed by atoms with van der Waals surface area (Å²) in [7, 11) is 3.28. The Morgan fingerprint density at radius 3 is 2.29 bits per heavy atom. The van der Waals surface area contributed by atoms with Crippen molar-refractivity contribution in [1.82, 2.24) is 18.7 Å². The molecule has 0 aliphatic heterocycles. The summed E-state index contributed by atoms with van der Waals surface area (Å²) < 4.78 is 4.10. The van der Waals surface area contributed by atoms with Gasteiger partial charge in [0.2, 0.25) is 5.95 Å². The lowest BCUT2D eigenvalue weighted by Crippen LogP contribution is -2.39. The fraction of sp³-hybridized carbons (Fsp3) is 0.190. The van der Waals surface area contributed by atoms with Crippen molar-refractivity contribution in [2.75, 3.05) is 5.32 Å². The minimum absolute atomic E-state index is 0.0486. The first-order valence-corrected chi connectivity index (χ1v) is 10.1. The molecule has 0 fully saturated rings. The number of anilines is 2. The monoisotopic (exact) mass is 459 g/mol. The lowest BCUT2D eigenvalue weighted by molar-refractivity contribution is 0.282. The highest BCUT2D eigenvalue weighted by molar-refractivity contribution is 6.42. The van der Waals surface area contributed by atoms with Crippen LogP contribution in [-0.4, -0.2) is 23.8 Å². The molecule has 0 spiro atoms. The van der Waals surface area contributed by atoms with Crippen molar-refractivity contribution in [2.24, 2.45) is 14.1 Å². The van der Waals surface area contributed by atoms with E-state index in [1.807, 2.05) is 0 Å². The van der Waals surface area contributed by atoms with Crippen molar-refractivity contribution in [3.05, 3.63) is 84.5 Å². The van der Waals surface area contributed by atoms with Crippen LogP contribution in [0.2, 0.25) is 10.0 Å². The Morgan fingerprint density at radius 1 is 0.968 bits per heavy atom. The van der Waals surface area contributed by atoms with Crippen LogP contribution in [0.4, 0.5) is 11.6 Å². The minimum atomic E-state index is -0.486. The Kier molecular flexibility index (Phi) is 5.62. The molecular formula is C21H19Cl2N5O3. The third kappa shape index (κ3) is 3.85. The third-order valence-corrected chi connectivity index (χ3v) is 5.82. The number of aliphatic hydroxyl groups excluding tert-OH is 1. The van der Waals surface area contributed by atoms with Crippen molar-refractivity contribution in [3.8, 4) is 0 Å². The van der Waals surface area contributed by atoms with Crippen LogP contribution in [0.3, 0.4) is 0 Å². The first-order chi connectivity index (χ1) is 14.8. The van der Waals surface area contributed by atoms with Gasteiger partial charge in [-0.3, -0.25) is 13.9 Å². The molecule has 2 aromatic heterocycles. The molecule has 8 nitrogen and oxygen atoms in total. The predicted octanol–water partition coefficient (Wildman–Crippen LogP) is 3.02. The van der Waals surface area contributed by atoms with E-state index in [0.29, 0.717) is 21.6 Å². The summed E-state index contributed by atoms with van der Waals surface area (Å²) in [6.45, 7) is 0.00194. The summed E-state index contributed by atoms with van der Waals surface area (Å²) >= 11 is 12.0. The first-order valence-electron chi connectivity index (χ1n) is 9.37. The van der Waals surface area contributed by atoms with Gasteiger partial charge in [0.05, 0.1) is 23.2 Å². The Bertz CT molecular complexity index is 1400. The van der Waals surface area contributed by atoms with E-state index in [2.05, 4.69) is 10.3 Å². The Morgan fingerprint density at radius 2 is 1.65 bits per heavy atom. The number of hydrogen-bond donors (Lipinski definition) is 2. The summed E-state index contributed by atoms with van der Waals surface area (Å²) in [5.74, 6) is 0.408. The standard InChI is InChI=1S/C21H19Cl2N5O3/c1-26-17-18(25-20(26)24-14-6-3-12(11-29)4-7-14)27(2)21(31)28(19(17)30)10-13-5-8-15(22)16(23)9-13/h3-9,29H,10-11H2,1-2H3,(H,24,25). The second kappa shape index (κ2) is 8.22.